The molecule has 1 amide bonds. The highest BCUT2D eigenvalue weighted by atomic mass is 16.5. The van der Waals surface area contributed by atoms with E-state index in [-0.39, 0.29) is 5.91 Å². The Hall–Kier alpha value is -2.76. The molecule has 1 aromatic heterocycles. The van der Waals surface area contributed by atoms with Crippen molar-refractivity contribution in [1.29, 1.82) is 0 Å². The largest absolute Gasteiger partial charge is 0.496 e. The van der Waals surface area contributed by atoms with E-state index in [0.29, 0.717) is 22.7 Å². The molecule has 0 saturated heterocycles. The smallest absolute Gasteiger partial charge is 0.259 e. The van der Waals surface area contributed by atoms with Crippen LogP contribution in [0.5, 0.6) is 5.75 Å². The maximum absolute atomic E-state index is 12.3. The van der Waals surface area contributed by atoms with Crippen molar-refractivity contribution >= 4 is 23.1 Å². The van der Waals surface area contributed by atoms with E-state index < -0.39 is 0 Å². The number of aromatic nitrogens is 1. The van der Waals surface area contributed by atoms with Crippen molar-refractivity contribution in [2.75, 3.05) is 37.2 Å². The number of hydrogen-bond donors (Lipinski definition) is 2. The number of pyridine rings is 1. The van der Waals surface area contributed by atoms with Gasteiger partial charge < -0.3 is 20.7 Å². The van der Waals surface area contributed by atoms with Crippen molar-refractivity contribution in [3.05, 3.63) is 42.1 Å². The van der Waals surface area contributed by atoms with Crippen molar-refractivity contribution in [2.24, 2.45) is 0 Å². The fourth-order valence-corrected chi connectivity index (χ4v) is 1.82. The van der Waals surface area contributed by atoms with Gasteiger partial charge in [0.25, 0.3) is 5.91 Å². The van der Waals surface area contributed by atoms with E-state index in [2.05, 4.69) is 10.3 Å². The van der Waals surface area contributed by atoms with Crippen LogP contribution in [0.15, 0.2) is 36.5 Å². The van der Waals surface area contributed by atoms with Gasteiger partial charge in [0.1, 0.15) is 11.6 Å². The number of carbonyl (C=O) groups is 1. The van der Waals surface area contributed by atoms with Gasteiger partial charge in [-0.1, -0.05) is 0 Å². The lowest BCUT2D eigenvalue weighted by atomic mass is 10.1. The first-order valence-corrected chi connectivity index (χ1v) is 6.39. The average Bonchev–Trinajstić information content (AvgIpc) is 2.47. The highest BCUT2D eigenvalue weighted by molar-refractivity contribution is 6.06. The van der Waals surface area contributed by atoms with E-state index in [4.69, 9.17) is 10.5 Å². The first-order valence-electron chi connectivity index (χ1n) is 6.39. The summed E-state index contributed by atoms with van der Waals surface area (Å²) < 4.78 is 5.17. The fourth-order valence-electron chi connectivity index (χ4n) is 1.82. The van der Waals surface area contributed by atoms with Crippen LogP contribution in [-0.4, -0.2) is 32.1 Å². The van der Waals surface area contributed by atoms with Crippen molar-refractivity contribution in [3.63, 3.8) is 0 Å². The molecule has 0 fully saturated rings. The Kier molecular flexibility index (Phi) is 4.27. The Morgan fingerprint density at radius 1 is 1.29 bits per heavy atom. The number of amides is 1. The van der Waals surface area contributed by atoms with Gasteiger partial charge in [-0.3, -0.25) is 4.79 Å². The van der Waals surface area contributed by atoms with E-state index in [9.17, 15) is 4.79 Å². The summed E-state index contributed by atoms with van der Waals surface area (Å²) in [6.45, 7) is 0. The maximum Gasteiger partial charge on any atom is 0.259 e. The van der Waals surface area contributed by atoms with Gasteiger partial charge in [-0.2, -0.15) is 0 Å². The van der Waals surface area contributed by atoms with Crippen LogP contribution in [-0.2, 0) is 0 Å². The number of nitrogens with one attached hydrogen (secondary N) is 1. The zero-order valence-electron chi connectivity index (χ0n) is 12.3. The molecule has 0 aliphatic carbocycles. The van der Waals surface area contributed by atoms with Crippen LogP contribution >= 0.6 is 0 Å². The zero-order valence-corrected chi connectivity index (χ0v) is 12.3. The van der Waals surface area contributed by atoms with Crippen LogP contribution in [0.2, 0.25) is 0 Å². The summed E-state index contributed by atoms with van der Waals surface area (Å²) in [5.41, 5.74) is 7.25. The molecular weight excluding hydrogens is 268 g/mol. The Morgan fingerprint density at radius 2 is 2.05 bits per heavy atom. The Bertz CT molecular complexity index is 639. The second kappa shape index (κ2) is 6.13. The molecule has 21 heavy (non-hydrogen) atoms. The van der Waals surface area contributed by atoms with Crippen LogP contribution < -0.4 is 20.7 Å². The van der Waals surface area contributed by atoms with Gasteiger partial charge in [-0.25, -0.2) is 4.98 Å². The summed E-state index contributed by atoms with van der Waals surface area (Å²) in [7, 11) is 5.30. The first kappa shape index (κ1) is 14.6. The van der Waals surface area contributed by atoms with Crippen molar-refractivity contribution in [3.8, 4) is 5.75 Å². The number of hydrogen-bond acceptors (Lipinski definition) is 5. The van der Waals surface area contributed by atoms with Crippen LogP contribution in [0.25, 0.3) is 0 Å². The first-order chi connectivity index (χ1) is 10.0. The summed E-state index contributed by atoms with van der Waals surface area (Å²) in [6.07, 6.45) is 1.61. The molecule has 0 radical (unpaired) electrons. The van der Waals surface area contributed by atoms with E-state index in [1.807, 2.05) is 25.1 Å². The second-order valence-corrected chi connectivity index (χ2v) is 4.71. The molecule has 2 rings (SSSR count). The number of methoxy groups -OCH3 is 1. The number of rotatable bonds is 4. The molecule has 1 heterocycles. The standard InChI is InChI=1S/C15H18N4O2/c1-19(2)14-7-5-11(9-17-14)18-15(20)12-6-4-10(16)8-13(12)21-3/h4-9H,16H2,1-3H3,(H,18,20). The molecular formula is C15H18N4O2. The van der Waals surface area contributed by atoms with Gasteiger partial charge in [0.05, 0.1) is 24.6 Å². The fraction of sp³-hybridized carbons (Fsp3) is 0.200. The number of benzene rings is 1. The zero-order chi connectivity index (χ0) is 15.4. The monoisotopic (exact) mass is 286 g/mol. The average molecular weight is 286 g/mol. The molecule has 0 atom stereocenters. The van der Waals surface area contributed by atoms with Crippen LogP contribution in [0.4, 0.5) is 17.2 Å². The molecule has 0 aliphatic rings. The topological polar surface area (TPSA) is 80.5 Å². The van der Waals surface area contributed by atoms with Gasteiger partial charge in [0.2, 0.25) is 0 Å². The lowest BCUT2D eigenvalue weighted by Gasteiger charge is -2.12. The normalized spacial score (nSPS) is 10.0. The third-order valence-electron chi connectivity index (χ3n) is 2.93. The maximum atomic E-state index is 12.3. The molecule has 0 unspecified atom stereocenters. The number of ether oxygens (including phenoxy) is 1. The number of nitrogens with zero attached hydrogens (tertiary/aromatic N) is 2. The highest BCUT2D eigenvalue weighted by Gasteiger charge is 2.13. The van der Waals surface area contributed by atoms with E-state index in [1.165, 1.54) is 7.11 Å². The molecule has 1 aromatic carbocycles. The molecule has 6 nitrogen and oxygen atoms in total. The molecule has 0 bridgehead atoms. The summed E-state index contributed by atoms with van der Waals surface area (Å²) in [5.74, 6) is 0.981. The van der Waals surface area contributed by atoms with Gasteiger partial charge in [-0.15, -0.1) is 0 Å². The molecule has 2 aromatic rings. The minimum Gasteiger partial charge on any atom is -0.496 e. The predicted octanol–water partition coefficient (Wildman–Crippen LogP) is 1.99. The quantitative estimate of drug-likeness (QED) is 0.840. The predicted molar refractivity (Wildman–Crippen MR) is 83.9 cm³/mol. The van der Waals surface area contributed by atoms with Crippen LogP contribution in [0.3, 0.4) is 0 Å². The van der Waals surface area contributed by atoms with Gasteiger partial charge in [0.15, 0.2) is 0 Å². The SMILES string of the molecule is COc1cc(N)ccc1C(=O)Nc1ccc(N(C)C)nc1. The highest BCUT2D eigenvalue weighted by Crippen LogP contribution is 2.22. The Balaban J connectivity index is 2.18. The molecule has 0 spiro atoms. The molecule has 110 valence electrons. The summed E-state index contributed by atoms with van der Waals surface area (Å²) in [4.78, 5) is 18.4. The van der Waals surface area contributed by atoms with Crippen LogP contribution in [0.1, 0.15) is 10.4 Å². The van der Waals surface area contributed by atoms with E-state index in [1.54, 1.807) is 30.5 Å². The van der Waals surface area contributed by atoms with Gasteiger partial charge in [-0.05, 0) is 24.3 Å². The van der Waals surface area contributed by atoms with Gasteiger partial charge >= 0.3 is 0 Å². The summed E-state index contributed by atoms with van der Waals surface area (Å²) >= 11 is 0. The van der Waals surface area contributed by atoms with Crippen LogP contribution in [0, 0.1) is 0 Å². The third kappa shape index (κ3) is 3.42. The molecule has 6 heteroatoms. The summed E-state index contributed by atoms with van der Waals surface area (Å²) in [6, 6.07) is 8.53. The Morgan fingerprint density at radius 3 is 2.62 bits per heavy atom. The third-order valence-corrected chi connectivity index (χ3v) is 2.93. The summed E-state index contributed by atoms with van der Waals surface area (Å²) in [5, 5.41) is 2.78. The molecule has 3 N–H and O–H groups in total. The van der Waals surface area contributed by atoms with Gasteiger partial charge in [0, 0.05) is 25.8 Å². The minimum absolute atomic E-state index is 0.272. The number of anilines is 3. The Labute approximate surface area is 123 Å². The van der Waals surface area contributed by atoms with Crippen molar-refractivity contribution in [2.45, 2.75) is 0 Å². The lowest BCUT2D eigenvalue weighted by Crippen LogP contribution is -2.14. The minimum atomic E-state index is -0.272. The van der Waals surface area contributed by atoms with E-state index >= 15 is 0 Å². The number of nitrogens with two attached hydrogens (primary N) is 1. The second-order valence-electron chi connectivity index (χ2n) is 4.71. The van der Waals surface area contributed by atoms with E-state index in [0.717, 1.165) is 5.82 Å². The number of carbonyl (C=O) groups excluding carboxylic acids is 1. The lowest BCUT2D eigenvalue weighted by molar-refractivity contribution is 0.102. The van der Waals surface area contributed by atoms with Crippen molar-refractivity contribution < 1.29 is 9.53 Å². The molecule has 0 aliphatic heterocycles. The van der Waals surface area contributed by atoms with Crippen molar-refractivity contribution in [1.82, 2.24) is 4.98 Å². The number of nitrogen functional groups attached to an aromatic ring is 1. The molecule has 0 saturated carbocycles.